The smallest absolute Gasteiger partial charge is 0.164 e. The average Bonchev–Trinajstić information content (AvgIpc) is 3.25. The van der Waals surface area contributed by atoms with Crippen LogP contribution in [0.5, 0.6) is 5.75 Å². The Morgan fingerprint density at radius 3 is 1.36 bits per heavy atom. The zero-order valence-electron chi connectivity index (χ0n) is 32.7. The van der Waals surface area contributed by atoms with Crippen LogP contribution in [-0.2, 0) is 19.3 Å². The van der Waals surface area contributed by atoms with Crippen molar-refractivity contribution in [3.63, 3.8) is 0 Å². The molecule has 0 aliphatic heterocycles. The minimum Gasteiger partial charge on any atom is -0.508 e. The van der Waals surface area contributed by atoms with Crippen molar-refractivity contribution < 1.29 is 19.5 Å². The number of nitrogens with zero attached hydrogens (tertiary/aromatic N) is 4. The molecule has 4 heterocycles. The van der Waals surface area contributed by atoms with Gasteiger partial charge >= 0.3 is 0 Å². The number of aromatic hydroxyl groups is 1. The predicted octanol–water partition coefficient (Wildman–Crippen LogP) is 8.41. The lowest BCUT2D eigenvalue weighted by Crippen LogP contribution is -2.12. The van der Waals surface area contributed by atoms with Crippen molar-refractivity contribution in [2.45, 2.75) is 64.7 Å². The van der Waals surface area contributed by atoms with Crippen LogP contribution in [0.15, 0.2) is 109 Å². The van der Waals surface area contributed by atoms with Crippen LogP contribution in [0.4, 0.5) is 0 Å². The van der Waals surface area contributed by atoms with Crippen LogP contribution in [0.2, 0.25) is 0 Å². The molecule has 1 N–H and O–H groups in total. The summed E-state index contributed by atoms with van der Waals surface area (Å²) in [5, 5.41) is 9.38. The number of hydrogen-bond donors (Lipinski definition) is 1. The van der Waals surface area contributed by atoms with E-state index < -0.39 is 0 Å². The van der Waals surface area contributed by atoms with Gasteiger partial charge in [-0.1, -0.05) is 36.0 Å². The third-order valence-electron chi connectivity index (χ3n) is 9.81. The maximum absolute atomic E-state index is 11.7. The number of rotatable bonds is 0. The zero-order chi connectivity index (χ0) is 41.0. The van der Waals surface area contributed by atoms with Crippen molar-refractivity contribution in [3.05, 3.63) is 183 Å². The molecule has 288 valence electrons. The zero-order valence-corrected chi connectivity index (χ0v) is 32.7. The highest BCUT2D eigenvalue weighted by Gasteiger charge is 2.20. The first-order valence-corrected chi connectivity index (χ1v) is 19.7. The molecule has 8 nitrogen and oxygen atoms in total. The second-order valence-corrected chi connectivity index (χ2v) is 14.3. The van der Waals surface area contributed by atoms with Crippen molar-refractivity contribution >= 4 is 17.3 Å². The molecule has 0 saturated carbocycles. The highest BCUT2D eigenvalue weighted by atomic mass is 16.3. The van der Waals surface area contributed by atoms with E-state index in [0.717, 1.165) is 94.7 Å². The number of aromatic nitrogens is 4. The van der Waals surface area contributed by atoms with Gasteiger partial charge in [0, 0.05) is 65.0 Å². The van der Waals surface area contributed by atoms with Crippen LogP contribution in [0.3, 0.4) is 0 Å². The van der Waals surface area contributed by atoms with Crippen molar-refractivity contribution in [2.24, 2.45) is 0 Å². The molecule has 0 atom stereocenters. The molecule has 2 aromatic carbocycles. The lowest BCUT2D eigenvalue weighted by atomic mass is 9.94. The molecule has 0 unspecified atom stereocenters. The first-order valence-electron chi connectivity index (χ1n) is 19.7. The molecule has 9 rings (SSSR count). The van der Waals surface area contributed by atoms with E-state index in [2.05, 4.69) is 61.5 Å². The summed E-state index contributed by atoms with van der Waals surface area (Å²) in [5.74, 6) is 18.9. The van der Waals surface area contributed by atoms with E-state index in [1.54, 1.807) is 36.7 Å². The summed E-state index contributed by atoms with van der Waals surface area (Å²) in [4.78, 5) is 52.6. The van der Waals surface area contributed by atoms with Crippen LogP contribution in [0, 0.1) is 42.4 Å². The monoisotopic (exact) mass is 772 g/mol. The minimum absolute atomic E-state index is 0.172. The fourth-order valence-corrected chi connectivity index (χ4v) is 6.85. The normalized spacial score (nSPS) is 13.3. The van der Waals surface area contributed by atoms with E-state index in [1.807, 2.05) is 73.7 Å². The number of phenols is 1. The molecule has 0 spiro atoms. The Hall–Kier alpha value is -7.47. The number of hydrogen-bond acceptors (Lipinski definition) is 8. The van der Waals surface area contributed by atoms with Crippen molar-refractivity contribution in [1.82, 2.24) is 19.9 Å². The molecule has 59 heavy (non-hydrogen) atoms. The molecule has 3 aliphatic rings. The number of benzene rings is 2. The van der Waals surface area contributed by atoms with Gasteiger partial charge in [0.15, 0.2) is 17.3 Å². The van der Waals surface area contributed by atoms with Gasteiger partial charge in [-0.2, -0.15) is 0 Å². The topological polar surface area (TPSA) is 123 Å². The molecule has 0 amide bonds. The fraction of sp³-hybridized carbons (Fsp3) is 0.196. The standard InChI is InChI=1S/C18H15NO.C17H13NO2.C16H12N2O/c1-13-4-2-5-14(12-13)8-9-15-10-11-16-17(19-15)6-3-7-18(16)20;19-14-4-1-3-12(11-14)7-8-13-9-10-15-16(18-13)5-2-6-17(15)20;19-16-5-1-4-15-14(16)9-8-13(18-15)7-6-12-3-2-10-17-11-12/h2,4-5,10-12H,3,6-7H2,1H3;1,3-4,9-11,19H,2,5-6H2;2-3,8-11H,1,4-5H2. The molecule has 0 saturated heterocycles. The van der Waals surface area contributed by atoms with E-state index in [9.17, 15) is 19.5 Å². The van der Waals surface area contributed by atoms with Crippen LogP contribution < -0.4 is 0 Å². The van der Waals surface area contributed by atoms with E-state index in [0.29, 0.717) is 30.7 Å². The quantitative estimate of drug-likeness (QED) is 0.153. The summed E-state index contributed by atoms with van der Waals surface area (Å²) in [6.45, 7) is 2.05. The Balaban J connectivity index is 0.000000134. The molecular weight excluding hydrogens is 733 g/mol. The molecule has 0 radical (unpaired) electrons. The van der Waals surface area contributed by atoms with Gasteiger partial charge in [-0.05, 0) is 148 Å². The number of ketones is 3. The molecule has 8 heteroatoms. The maximum atomic E-state index is 11.7. The lowest BCUT2D eigenvalue weighted by molar-refractivity contribution is 0.0963. The molecule has 0 fully saturated rings. The van der Waals surface area contributed by atoms with Crippen LogP contribution >= 0.6 is 0 Å². The van der Waals surface area contributed by atoms with Gasteiger partial charge in [0.1, 0.15) is 22.8 Å². The van der Waals surface area contributed by atoms with E-state index >= 15 is 0 Å². The SMILES string of the molecule is Cc1cccc(C#Cc2ccc3c(n2)CCCC3=O)c1.O=C1CCCc2nc(C#Cc3cccc(O)c3)ccc21.O=C1CCCc2nc(C#Cc3cccnc3)ccc21. The third kappa shape index (κ3) is 10.9. The summed E-state index contributed by atoms with van der Waals surface area (Å²) >= 11 is 0. The molecule has 3 aliphatic carbocycles. The second kappa shape index (κ2) is 19.1. The molecular formula is C51H40N4O4. The number of carbonyl (C=O) groups is 3. The highest BCUT2D eigenvalue weighted by Crippen LogP contribution is 2.22. The minimum atomic E-state index is 0.172. The van der Waals surface area contributed by atoms with Gasteiger partial charge in [0.05, 0.1) is 17.1 Å². The number of aryl methyl sites for hydroxylation is 4. The Morgan fingerprint density at radius 1 is 0.475 bits per heavy atom. The Labute approximate surface area is 344 Å². The summed E-state index contributed by atoms with van der Waals surface area (Å²) < 4.78 is 0. The first kappa shape index (κ1) is 39.8. The van der Waals surface area contributed by atoms with Gasteiger partial charge in [-0.3, -0.25) is 19.4 Å². The summed E-state index contributed by atoms with van der Waals surface area (Å²) in [5.41, 5.74) is 10.8. The largest absolute Gasteiger partial charge is 0.508 e. The van der Waals surface area contributed by atoms with E-state index in [-0.39, 0.29) is 23.1 Å². The Kier molecular flexibility index (Phi) is 12.9. The summed E-state index contributed by atoms with van der Waals surface area (Å²) in [6, 6.07) is 29.6. The van der Waals surface area contributed by atoms with E-state index in [4.69, 9.17) is 0 Å². The van der Waals surface area contributed by atoms with Gasteiger partial charge in [0.25, 0.3) is 0 Å². The molecule has 4 aromatic heterocycles. The predicted molar refractivity (Wildman–Crippen MR) is 226 cm³/mol. The number of fused-ring (bicyclic) bond motifs is 3. The second-order valence-electron chi connectivity index (χ2n) is 14.3. The number of pyridine rings is 4. The fourth-order valence-electron chi connectivity index (χ4n) is 6.85. The van der Waals surface area contributed by atoms with Crippen LogP contribution in [0.1, 0.15) is 126 Å². The number of carbonyl (C=O) groups excluding carboxylic acids is 3. The van der Waals surface area contributed by atoms with Crippen molar-refractivity contribution in [1.29, 1.82) is 0 Å². The number of phenolic OH excluding ortho intramolecular Hbond substituents is 1. The van der Waals surface area contributed by atoms with Gasteiger partial charge in [-0.15, -0.1) is 0 Å². The van der Waals surface area contributed by atoms with Crippen molar-refractivity contribution in [2.75, 3.05) is 0 Å². The van der Waals surface area contributed by atoms with Gasteiger partial charge < -0.3 is 5.11 Å². The van der Waals surface area contributed by atoms with E-state index in [1.165, 1.54) is 5.56 Å². The Bertz CT molecular complexity index is 2630. The summed E-state index contributed by atoms with van der Waals surface area (Å²) in [6.07, 6.45) is 10.5. The van der Waals surface area contributed by atoms with Crippen LogP contribution in [-0.4, -0.2) is 42.4 Å². The van der Waals surface area contributed by atoms with Gasteiger partial charge in [-0.25, -0.2) is 15.0 Å². The molecule has 0 bridgehead atoms. The van der Waals surface area contributed by atoms with Crippen LogP contribution in [0.25, 0.3) is 0 Å². The first-order chi connectivity index (χ1) is 28.8. The Morgan fingerprint density at radius 2 is 0.915 bits per heavy atom. The summed E-state index contributed by atoms with van der Waals surface area (Å²) in [7, 11) is 0. The molecule has 6 aromatic rings. The lowest BCUT2D eigenvalue weighted by Gasteiger charge is -2.12. The maximum Gasteiger partial charge on any atom is 0.164 e. The average molecular weight is 773 g/mol. The van der Waals surface area contributed by atoms with Crippen molar-refractivity contribution in [3.8, 4) is 41.3 Å². The van der Waals surface area contributed by atoms with Gasteiger partial charge in [0.2, 0.25) is 0 Å². The highest BCUT2D eigenvalue weighted by molar-refractivity contribution is 5.99. The number of Topliss-reactive ketones (excluding diaryl/α,β-unsaturated/α-hetero) is 3. The third-order valence-corrected chi connectivity index (χ3v) is 9.81.